The molecule has 0 spiro atoms. The molecule has 2 atom stereocenters. The normalized spacial score (nSPS) is 16.8. The topological polar surface area (TPSA) is 26.0 Å². The van der Waals surface area contributed by atoms with Gasteiger partial charge in [-0.2, -0.15) is 0 Å². The van der Waals surface area contributed by atoms with Crippen molar-refractivity contribution in [1.29, 1.82) is 0 Å². The van der Waals surface area contributed by atoms with Gasteiger partial charge >= 0.3 is 0 Å². The first-order valence-corrected chi connectivity index (χ1v) is 5.48. The van der Waals surface area contributed by atoms with Crippen LogP contribution in [0.15, 0.2) is 12.2 Å². The fourth-order valence-corrected chi connectivity index (χ4v) is 1.40. The number of hydrogen-bond donors (Lipinski definition) is 1. The van der Waals surface area contributed by atoms with Crippen molar-refractivity contribution in [2.24, 2.45) is 17.6 Å². The molecule has 0 aromatic heterocycles. The van der Waals surface area contributed by atoms with Gasteiger partial charge < -0.3 is 5.73 Å². The third kappa shape index (κ3) is 8.04. The second kappa shape index (κ2) is 7.14. The second-order valence-electron chi connectivity index (χ2n) is 4.44. The van der Waals surface area contributed by atoms with Gasteiger partial charge in [-0.05, 0) is 38.0 Å². The van der Waals surface area contributed by atoms with Crippen LogP contribution in [0.2, 0.25) is 0 Å². The second-order valence-corrected chi connectivity index (χ2v) is 4.44. The van der Waals surface area contributed by atoms with Crippen molar-refractivity contribution < 1.29 is 0 Å². The van der Waals surface area contributed by atoms with Crippen molar-refractivity contribution >= 4 is 0 Å². The maximum absolute atomic E-state index is 5.77. The summed E-state index contributed by atoms with van der Waals surface area (Å²) in [6, 6.07) is 0.327. The lowest BCUT2D eigenvalue weighted by molar-refractivity contribution is 0.510. The summed E-state index contributed by atoms with van der Waals surface area (Å²) in [7, 11) is 0. The van der Waals surface area contributed by atoms with Crippen LogP contribution in [0, 0.1) is 11.8 Å². The Morgan fingerprint density at radius 3 is 2.23 bits per heavy atom. The number of allylic oxidation sites excluding steroid dienone is 2. The Balaban J connectivity index is 3.76. The molecule has 0 fully saturated rings. The monoisotopic (exact) mass is 183 g/mol. The minimum atomic E-state index is 0.327. The van der Waals surface area contributed by atoms with Gasteiger partial charge in [0.15, 0.2) is 0 Å². The molecule has 78 valence electrons. The van der Waals surface area contributed by atoms with E-state index in [2.05, 4.69) is 39.8 Å². The van der Waals surface area contributed by atoms with Crippen molar-refractivity contribution in [3.05, 3.63) is 12.2 Å². The third-order valence-corrected chi connectivity index (χ3v) is 2.21. The van der Waals surface area contributed by atoms with Gasteiger partial charge in [-0.25, -0.2) is 0 Å². The molecule has 0 heterocycles. The average molecular weight is 183 g/mol. The van der Waals surface area contributed by atoms with E-state index in [0.717, 1.165) is 12.3 Å². The molecule has 1 heteroatoms. The van der Waals surface area contributed by atoms with Gasteiger partial charge in [-0.15, -0.1) is 0 Å². The first kappa shape index (κ1) is 12.7. The van der Waals surface area contributed by atoms with E-state index in [1.807, 2.05) is 0 Å². The Morgan fingerprint density at radius 1 is 1.23 bits per heavy atom. The van der Waals surface area contributed by atoms with E-state index in [4.69, 9.17) is 5.73 Å². The van der Waals surface area contributed by atoms with Crippen molar-refractivity contribution in [1.82, 2.24) is 0 Å². The molecule has 0 aromatic carbocycles. The molecular formula is C12H25N. The highest BCUT2D eigenvalue weighted by Gasteiger charge is 2.04. The molecule has 0 saturated carbocycles. The molecule has 0 aliphatic heterocycles. The predicted octanol–water partition coefficient (Wildman–Crippen LogP) is 3.35. The van der Waals surface area contributed by atoms with E-state index < -0.39 is 0 Å². The van der Waals surface area contributed by atoms with E-state index in [-0.39, 0.29) is 0 Å². The van der Waals surface area contributed by atoms with Crippen LogP contribution in [-0.4, -0.2) is 6.04 Å². The van der Waals surface area contributed by atoms with Crippen molar-refractivity contribution in [2.45, 2.75) is 53.0 Å². The zero-order valence-electron chi connectivity index (χ0n) is 9.59. The number of hydrogen-bond acceptors (Lipinski definition) is 1. The van der Waals surface area contributed by atoms with Crippen LogP contribution in [0.4, 0.5) is 0 Å². The summed E-state index contributed by atoms with van der Waals surface area (Å²) >= 11 is 0. The zero-order valence-corrected chi connectivity index (χ0v) is 9.59. The molecule has 0 aliphatic rings. The molecule has 0 radical (unpaired) electrons. The summed E-state index contributed by atoms with van der Waals surface area (Å²) < 4.78 is 0. The van der Waals surface area contributed by atoms with Crippen LogP contribution in [-0.2, 0) is 0 Å². The van der Waals surface area contributed by atoms with Crippen LogP contribution in [0.5, 0.6) is 0 Å². The molecule has 0 aromatic rings. The molecule has 2 N–H and O–H groups in total. The average Bonchev–Trinajstić information content (AvgIpc) is 2.01. The highest BCUT2D eigenvalue weighted by Crippen LogP contribution is 2.13. The SMILES string of the molecule is CCC(C=CCC(C)C)CC(C)N. The lowest BCUT2D eigenvalue weighted by Crippen LogP contribution is -2.18. The van der Waals surface area contributed by atoms with Gasteiger partial charge in [-0.3, -0.25) is 0 Å². The fraction of sp³-hybridized carbons (Fsp3) is 0.833. The summed E-state index contributed by atoms with van der Waals surface area (Å²) in [4.78, 5) is 0. The van der Waals surface area contributed by atoms with Crippen molar-refractivity contribution in [2.75, 3.05) is 0 Å². The van der Waals surface area contributed by atoms with Gasteiger partial charge in [0, 0.05) is 6.04 Å². The van der Waals surface area contributed by atoms with Gasteiger partial charge in [0.2, 0.25) is 0 Å². The molecular weight excluding hydrogens is 158 g/mol. The molecule has 0 bridgehead atoms. The fourth-order valence-electron chi connectivity index (χ4n) is 1.40. The smallest absolute Gasteiger partial charge is 0.00160 e. The highest BCUT2D eigenvalue weighted by atomic mass is 14.6. The zero-order chi connectivity index (χ0) is 10.3. The van der Waals surface area contributed by atoms with E-state index in [9.17, 15) is 0 Å². The molecule has 0 saturated heterocycles. The quantitative estimate of drug-likeness (QED) is 0.628. The number of rotatable bonds is 6. The van der Waals surface area contributed by atoms with Gasteiger partial charge in [0.25, 0.3) is 0 Å². The largest absolute Gasteiger partial charge is 0.328 e. The standard InChI is InChI=1S/C12H25N/c1-5-12(9-11(4)13)8-6-7-10(2)3/h6,8,10-12H,5,7,9,13H2,1-4H3. The molecule has 1 nitrogen and oxygen atoms in total. The maximum Gasteiger partial charge on any atom is 0.00160 e. The number of nitrogens with two attached hydrogens (primary N) is 1. The minimum absolute atomic E-state index is 0.327. The Bertz CT molecular complexity index is 136. The lowest BCUT2D eigenvalue weighted by Gasteiger charge is -2.12. The molecule has 0 rings (SSSR count). The molecule has 13 heavy (non-hydrogen) atoms. The van der Waals surface area contributed by atoms with E-state index in [0.29, 0.717) is 12.0 Å². The van der Waals surface area contributed by atoms with Gasteiger partial charge in [-0.1, -0.05) is 32.9 Å². The van der Waals surface area contributed by atoms with Crippen LogP contribution in [0.1, 0.15) is 47.0 Å². The third-order valence-electron chi connectivity index (χ3n) is 2.21. The van der Waals surface area contributed by atoms with Gasteiger partial charge in [0.05, 0.1) is 0 Å². The summed E-state index contributed by atoms with van der Waals surface area (Å²) in [5, 5.41) is 0. The Morgan fingerprint density at radius 2 is 1.85 bits per heavy atom. The highest BCUT2D eigenvalue weighted by molar-refractivity contribution is 4.89. The Hall–Kier alpha value is -0.300. The minimum Gasteiger partial charge on any atom is -0.328 e. The van der Waals surface area contributed by atoms with Crippen molar-refractivity contribution in [3.8, 4) is 0 Å². The lowest BCUT2D eigenvalue weighted by atomic mass is 9.97. The summed E-state index contributed by atoms with van der Waals surface area (Å²) in [6.07, 6.45) is 8.15. The summed E-state index contributed by atoms with van der Waals surface area (Å²) in [5.74, 6) is 1.45. The van der Waals surface area contributed by atoms with Crippen molar-refractivity contribution in [3.63, 3.8) is 0 Å². The van der Waals surface area contributed by atoms with Crippen LogP contribution < -0.4 is 5.73 Å². The Labute approximate surface area is 83.4 Å². The van der Waals surface area contributed by atoms with Crippen LogP contribution in [0.3, 0.4) is 0 Å². The summed E-state index contributed by atoms with van der Waals surface area (Å²) in [5.41, 5.74) is 5.77. The van der Waals surface area contributed by atoms with E-state index in [1.165, 1.54) is 12.8 Å². The molecule has 0 amide bonds. The van der Waals surface area contributed by atoms with Gasteiger partial charge in [0.1, 0.15) is 0 Å². The van der Waals surface area contributed by atoms with Crippen LogP contribution in [0.25, 0.3) is 0 Å². The molecule has 0 aliphatic carbocycles. The van der Waals surface area contributed by atoms with E-state index in [1.54, 1.807) is 0 Å². The first-order valence-electron chi connectivity index (χ1n) is 5.48. The molecule has 2 unspecified atom stereocenters. The maximum atomic E-state index is 5.77. The predicted molar refractivity (Wildman–Crippen MR) is 60.6 cm³/mol. The Kier molecular flexibility index (Phi) is 6.97. The first-order chi connectivity index (χ1) is 6.06. The summed E-state index contributed by atoms with van der Waals surface area (Å²) in [6.45, 7) is 8.80. The van der Waals surface area contributed by atoms with Crippen LogP contribution >= 0.6 is 0 Å². The van der Waals surface area contributed by atoms with E-state index >= 15 is 0 Å².